The van der Waals surface area contributed by atoms with Crippen LogP contribution in [0.15, 0.2) is 24.3 Å². The maximum absolute atomic E-state index is 12.2. The Morgan fingerprint density at radius 3 is 2.74 bits per heavy atom. The second kappa shape index (κ2) is 7.97. The summed E-state index contributed by atoms with van der Waals surface area (Å²) in [6.07, 6.45) is 2.21. The number of likely N-dealkylation sites (N-methyl/N-ethyl adjacent to an activating group) is 1. The topological polar surface area (TPSA) is 61.9 Å². The van der Waals surface area contributed by atoms with Crippen LogP contribution < -0.4 is 5.32 Å². The molecule has 1 atom stereocenters. The van der Waals surface area contributed by atoms with Crippen molar-refractivity contribution in [2.24, 2.45) is 0 Å². The van der Waals surface area contributed by atoms with Crippen molar-refractivity contribution in [3.8, 4) is 0 Å². The zero-order chi connectivity index (χ0) is 16.8. The van der Waals surface area contributed by atoms with Crippen LogP contribution in [0.25, 0.3) is 0 Å². The van der Waals surface area contributed by atoms with Crippen LogP contribution in [0, 0.1) is 0 Å². The Kier molecular flexibility index (Phi) is 5.98. The van der Waals surface area contributed by atoms with E-state index in [4.69, 9.17) is 4.74 Å². The molecule has 1 aromatic carbocycles. The van der Waals surface area contributed by atoms with Crippen LogP contribution in [-0.2, 0) is 16.1 Å². The summed E-state index contributed by atoms with van der Waals surface area (Å²) in [5, 5.41) is 2.89. The number of carbonyl (C=O) groups excluding carboxylic acids is 2. The van der Waals surface area contributed by atoms with Crippen LogP contribution in [-0.4, -0.2) is 55.1 Å². The van der Waals surface area contributed by atoms with Crippen LogP contribution in [0.3, 0.4) is 0 Å². The van der Waals surface area contributed by atoms with E-state index in [2.05, 4.69) is 5.32 Å². The molecule has 1 N–H and O–H groups in total. The van der Waals surface area contributed by atoms with Crippen molar-refractivity contribution in [2.75, 3.05) is 32.6 Å². The van der Waals surface area contributed by atoms with Crippen molar-refractivity contribution in [1.29, 1.82) is 0 Å². The third-order valence-corrected chi connectivity index (χ3v) is 3.98. The van der Waals surface area contributed by atoms with E-state index in [0.717, 1.165) is 30.7 Å². The standard InChI is InChI=1S/C17H25N3O3/c1-13(21)19(2)11-14-6-4-7-15(10-14)18-17(22)20(3)12-16-8-5-9-23-16/h4,6-7,10,16H,5,8-9,11-12H2,1-3H3,(H,18,22)/t16-/m1/s1. The van der Waals surface area contributed by atoms with E-state index in [1.54, 1.807) is 23.9 Å². The second-order valence-corrected chi connectivity index (χ2v) is 6.02. The number of urea groups is 1. The highest BCUT2D eigenvalue weighted by atomic mass is 16.5. The van der Waals surface area contributed by atoms with Gasteiger partial charge in [0.05, 0.1) is 6.10 Å². The van der Waals surface area contributed by atoms with Gasteiger partial charge in [-0.3, -0.25) is 4.79 Å². The Hall–Kier alpha value is -2.08. The molecule has 1 aliphatic rings. The van der Waals surface area contributed by atoms with Crippen molar-refractivity contribution in [3.05, 3.63) is 29.8 Å². The van der Waals surface area contributed by atoms with Gasteiger partial charge in [0.15, 0.2) is 0 Å². The molecule has 0 bridgehead atoms. The first kappa shape index (κ1) is 17.3. The fourth-order valence-electron chi connectivity index (χ4n) is 2.53. The minimum Gasteiger partial charge on any atom is -0.376 e. The second-order valence-electron chi connectivity index (χ2n) is 6.02. The molecule has 3 amide bonds. The van der Waals surface area contributed by atoms with Gasteiger partial charge in [0, 0.05) is 46.4 Å². The minimum absolute atomic E-state index is 0.00994. The average molecular weight is 319 g/mol. The molecule has 6 nitrogen and oxygen atoms in total. The van der Waals surface area contributed by atoms with Crippen molar-refractivity contribution in [1.82, 2.24) is 9.80 Å². The molecule has 1 fully saturated rings. The van der Waals surface area contributed by atoms with E-state index in [0.29, 0.717) is 13.1 Å². The smallest absolute Gasteiger partial charge is 0.321 e. The van der Waals surface area contributed by atoms with Gasteiger partial charge < -0.3 is 19.9 Å². The lowest BCUT2D eigenvalue weighted by Crippen LogP contribution is -2.37. The third kappa shape index (κ3) is 5.25. The van der Waals surface area contributed by atoms with E-state index < -0.39 is 0 Å². The number of nitrogens with one attached hydrogen (secondary N) is 1. The molecule has 23 heavy (non-hydrogen) atoms. The molecule has 1 saturated heterocycles. The summed E-state index contributed by atoms with van der Waals surface area (Å²) in [6, 6.07) is 7.38. The van der Waals surface area contributed by atoms with Crippen molar-refractivity contribution < 1.29 is 14.3 Å². The minimum atomic E-state index is -0.155. The Morgan fingerprint density at radius 2 is 2.09 bits per heavy atom. The first-order chi connectivity index (χ1) is 11.0. The van der Waals surface area contributed by atoms with Crippen LogP contribution >= 0.6 is 0 Å². The van der Waals surface area contributed by atoms with Gasteiger partial charge in [0.1, 0.15) is 0 Å². The highest BCUT2D eigenvalue weighted by molar-refractivity contribution is 5.89. The van der Waals surface area contributed by atoms with E-state index in [9.17, 15) is 9.59 Å². The molecule has 0 aromatic heterocycles. The average Bonchev–Trinajstić information content (AvgIpc) is 3.00. The van der Waals surface area contributed by atoms with Crippen LogP contribution in [0.4, 0.5) is 10.5 Å². The largest absolute Gasteiger partial charge is 0.376 e. The van der Waals surface area contributed by atoms with Crippen LogP contribution in [0.1, 0.15) is 25.3 Å². The molecule has 1 aromatic rings. The number of rotatable bonds is 5. The van der Waals surface area contributed by atoms with Gasteiger partial charge in [-0.1, -0.05) is 12.1 Å². The molecule has 2 rings (SSSR count). The number of anilines is 1. The number of carbonyl (C=O) groups is 2. The van der Waals surface area contributed by atoms with Crippen molar-refractivity contribution >= 4 is 17.6 Å². The normalized spacial score (nSPS) is 16.9. The molecule has 6 heteroatoms. The number of hydrogen-bond acceptors (Lipinski definition) is 3. The number of nitrogens with zero attached hydrogens (tertiary/aromatic N) is 2. The van der Waals surface area contributed by atoms with Crippen molar-refractivity contribution in [3.63, 3.8) is 0 Å². The summed E-state index contributed by atoms with van der Waals surface area (Å²) >= 11 is 0. The molecule has 0 radical (unpaired) electrons. The number of hydrogen-bond donors (Lipinski definition) is 1. The summed E-state index contributed by atoms with van der Waals surface area (Å²) < 4.78 is 5.55. The summed E-state index contributed by atoms with van der Waals surface area (Å²) in [5.74, 6) is 0.00994. The van der Waals surface area contributed by atoms with Gasteiger partial charge in [0.25, 0.3) is 0 Å². The summed E-state index contributed by atoms with van der Waals surface area (Å²) in [7, 11) is 3.52. The van der Waals surface area contributed by atoms with E-state index >= 15 is 0 Å². The molecular weight excluding hydrogens is 294 g/mol. The summed E-state index contributed by atoms with van der Waals surface area (Å²) in [4.78, 5) is 26.8. The van der Waals surface area contributed by atoms with Crippen LogP contribution in [0.2, 0.25) is 0 Å². The Labute approximate surface area is 137 Å². The maximum Gasteiger partial charge on any atom is 0.321 e. The molecule has 0 unspecified atom stereocenters. The molecular formula is C17H25N3O3. The lowest BCUT2D eigenvalue weighted by atomic mass is 10.2. The predicted octanol–water partition coefficient (Wildman–Crippen LogP) is 2.31. The van der Waals surface area contributed by atoms with Gasteiger partial charge in [-0.2, -0.15) is 0 Å². The van der Waals surface area contributed by atoms with E-state index in [1.165, 1.54) is 6.92 Å². The zero-order valence-electron chi connectivity index (χ0n) is 14.0. The molecule has 1 aliphatic heterocycles. The molecule has 0 saturated carbocycles. The fourth-order valence-corrected chi connectivity index (χ4v) is 2.53. The number of amides is 3. The lowest BCUT2D eigenvalue weighted by Gasteiger charge is -2.21. The van der Waals surface area contributed by atoms with Gasteiger partial charge >= 0.3 is 6.03 Å². The monoisotopic (exact) mass is 319 g/mol. The van der Waals surface area contributed by atoms with Crippen LogP contribution in [0.5, 0.6) is 0 Å². The summed E-state index contributed by atoms with van der Waals surface area (Å²) in [6.45, 7) is 3.43. The highest BCUT2D eigenvalue weighted by Crippen LogP contribution is 2.15. The van der Waals surface area contributed by atoms with Gasteiger partial charge in [-0.15, -0.1) is 0 Å². The Balaban J connectivity index is 1.90. The maximum atomic E-state index is 12.2. The SMILES string of the molecule is CC(=O)N(C)Cc1cccc(NC(=O)N(C)C[C@H]2CCCO2)c1. The van der Waals surface area contributed by atoms with Gasteiger partial charge in [0.2, 0.25) is 5.91 Å². The Morgan fingerprint density at radius 1 is 1.30 bits per heavy atom. The first-order valence-electron chi connectivity index (χ1n) is 7.90. The van der Waals surface area contributed by atoms with Gasteiger partial charge in [-0.05, 0) is 30.5 Å². The highest BCUT2D eigenvalue weighted by Gasteiger charge is 2.20. The van der Waals surface area contributed by atoms with Crippen molar-refractivity contribution in [2.45, 2.75) is 32.4 Å². The molecule has 1 heterocycles. The fraction of sp³-hybridized carbons (Fsp3) is 0.529. The molecule has 126 valence electrons. The predicted molar refractivity (Wildman–Crippen MR) is 89.2 cm³/mol. The van der Waals surface area contributed by atoms with Gasteiger partial charge in [-0.25, -0.2) is 4.79 Å². The quantitative estimate of drug-likeness (QED) is 0.906. The molecule has 0 spiro atoms. The lowest BCUT2D eigenvalue weighted by molar-refractivity contribution is -0.128. The first-order valence-corrected chi connectivity index (χ1v) is 7.90. The van der Waals surface area contributed by atoms with E-state index in [1.807, 2.05) is 24.3 Å². The molecule has 0 aliphatic carbocycles. The Bertz CT molecular complexity index is 556. The van der Waals surface area contributed by atoms with E-state index in [-0.39, 0.29) is 18.0 Å². The number of benzene rings is 1. The zero-order valence-corrected chi connectivity index (χ0v) is 14.0. The summed E-state index contributed by atoms with van der Waals surface area (Å²) in [5.41, 5.74) is 1.70. The third-order valence-electron chi connectivity index (χ3n) is 3.98. The number of ether oxygens (including phenoxy) is 1.